The molecule has 1 aliphatic heterocycles. The summed E-state index contributed by atoms with van der Waals surface area (Å²) in [4.78, 5) is 35.8. The number of carbonyl (C=O) groups is 2. The van der Waals surface area contributed by atoms with Gasteiger partial charge in [0.1, 0.15) is 11.6 Å². The van der Waals surface area contributed by atoms with Crippen LogP contribution in [0.3, 0.4) is 0 Å². The standard InChI is InChI=1S/C23H29F3N4O4S/c1-4-10-29(3)19-13-18(23(24,25)26)27-22(28-19)35-14-16-6-7-17(34-16)20(31)30-11-8-15(9-12-30)21(32)33-5-2/h6-7,13,15H,4-5,8-12,14H2,1-3H3. The maximum atomic E-state index is 13.3. The Bertz CT molecular complexity index is 1020. The molecule has 192 valence electrons. The lowest BCUT2D eigenvalue weighted by Crippen LogP contribution is -2.40. The molecule has 0 bridgehead atoms. The first-order valence-electron chi connectivity index (χ1n) is 11.5. The molecule has 0 atom stereocenters. The number of amides is 1. The molecule has 0 spiro atoms. The van der Waals surface area contributed by atoms with Crippen LogP contribution in [0.5, 0.6) is 0 Å². The number of rotatable bonds is 9. The summed E-state index contributed by atoms with van der Waals surface area (Å²) in [6, 6.07) is 4.10. The molecule has 0 radical (unpaired) electrons. The number of piperidine rings is 1. The van der Waals surface area contributed by atoms with E-state index in [1.54, 1.807) is 35.9 Å². The zero-order valence-electron chi connectivity index (χ0n) is 19.9. The highest BCUT2D eigenvalue weighted by atomic mass is 32.2. The van der Waals surface area contributed by atoms with Crippen molar-refractivity contribution in [2.75, 3.05) is 38.2 Å². The number of alkyl halides is 3. The van der Waals surface area contributed by atoms with E-state index >= 15 is 0 Å². The molecular weight excluding hydrogens is 485 g/mol. The lowest BCUT2D eigenvalue weighted by atomic mass is 9.97. The van der Waals surface area contributed by atoms with E-state index in [2.05, 4.69) is 9.97 Å². The third-order valence-electron chi connectivity index (χ3n) is 5.55. The first-order valence-corrected chi connectivity index (χ1v) is 12.5. The van der Waals surface area contributed by atoms with Crippen molar-refractivity contribution in [2.45, 2.75) is 50.2 Å². The second-order valence-electron chi connectivity index (χ2n) is 8.19. The topological polar surface area (TPSA) is 88.8 Å². The van der Waals surface area contributed by atoms with Crippen molar-refractivity contribution in [1.29, 1.82) is 0 Å². The first kappa shape index (κ1) is 26.8. The van der Waals surface area contributed by atoms with Crippen molar-refractivity contribution >= 4 is 29.5 Å². The fourth-order valence-electron chi connectivity index (χ4n) is 3.71. The van der Waals surface area contributed by atoms with E-state index in [0.29, 0.717) is 44.8 Å². The van der Waals surface area contributed by atoms with Crippen molar-refractivity contribution in [3.05, 3.63) is 35.4 Å². The largest absolute Gasteiger partial charge is 0.466 e. The van der Waals surface area contributed by atoms with Gasteiger partial charge in [-0.15, -0.1) is 0 Å². The van der Waals surface area contributed by atoms with Crippen LogP contribution in [0.1, 0.15) is 55.1 Å². The van der Waals surface area contributed by atoms with Gasteiger partial charge in [-0.25, -0.2) is 9.97 Å². The number of halogens is 3. The number of aromatic nitrogens is 2. The molecule has 1 fully saturated rings. The summed E-state index contributed by atoms with van der Waals surface area (Å²) in [5.41, 5.74) is -1.01. The molecule has 2 aromatic rings. The molecular formula is C23H29F3N4O4S. The van der Waals surface area contributed by atoms with Gasteiger partial charge in [-0.3, -0.25) is 9.59 Å². The van der Waals surface area contributed by atoms with E-state index in [9.17, 15) is 22.8 Å². The summed E-state index contributed by atoms with van der Waals surface area (Å²) in [7, 11) is 1.68. The zero-order chi connectivity index (χ0) is 25.6. The summed E-state index contributed by atoms with van der Waals surface area (Å²) in [5, 5.41) is -0.0249. The van der Waals surface area contributed by atoms with Gasteiger partial charge in [0, 0.05) is 32.7 Å². The second kappa shape index (κ2) is 11.8. The highest BCUT2D eigenvalue weighted by Crippen LogP contribution is 2.32. The molecule has 1 saturated heterocycles. The Labute approximate surface area is 206 Å². The number of anilines is 1. The lowest BCUT2D eigenvalue weighted by molar-refractivity contribution is -0.149. The van der Waals surface area contributed by atoms with Crippen LogP contribution in [-0.2, 0) is 21.5 Å². The van der Waals surface area contributed by atoms with Crippen molar-refractivity contribution in [3.63, 3.8) is 0 Å². The van der Waals surface area contributed by atoms with Gasteiger partial charge in [0.05, 0.1) is 18.3 Å². The monoisotopic (exact) mass is 514 g/mol. The molecule has 8 nitrogen and oxygen atoms in total. The van der Waals surface area contributed by atoms with Gasteiger partial charge in [0.15, 0.2) is 16.6 Å². The number of thioether (sulfide) groups is 1. The normalized spacial score (nSPS) is 14.7. The molecule has 35 heavy (non-hydrogen) atoms. The van der Waals surface area contributed by atoms with Gasteiger partial charge in [-0.05, 0) is 38.3 Å². The number of esters is 1. The Kier molecular flexibility index (Phi) is 9.03. The Morgan fingerprint density at radius 3 is 2.57 bits per heavy atom. The third-order valence-corrected chi connectivity index (χ3v) is 6.42. The minimum atomic E-state index is -4.59. The van der Waals surface area contributed by atoms with Crippen LogP contribution in [0, 0.1) is 5.92 Å². The number of hydrogen-bond donors (Lipinski definition) is 0. The van der Waals surface area contributed by atoms with Crippen LogP contribution in [0.25, 0.3) is 0 Å². The molecule has 0 aromatic carbocycles. The van der Waals surface area contributed by atoms with Gasteiger partial charge in [0.2, 0.25) is 0 Å². The Balaban J connectivity index is 1.63. The van der Waals surface area contributed by atoms with Crippen molar-refractivity contribution in [3.8, 4) is 0 Å². The molecule has 2 aromatic heterocycles. The number of furan rings is 1. The highest BCUT2D eigenvalue weighted by molar-refractivity contribution is 7.98. The molecule has 0 aliphatic carbocycles. The maximum Gasteiger partial charge on any atom is 0.433 e. The van der Waals surface area contributed by atoms with Crippen molar-refractivity contribution < 1.29 is 31.9 Å². The van der Waals surface area contributed by atoms with Gasteiger partial charge in [-0.2, -0.15) is 13.2 Å². The van der Waals surface area contributed by atoms with Gasteiger partial charge < -0.3 is 19.0 Å². The summed E-state index contributed by atoms with van der Waals surface area (Å²) in [6.07, 6.45) is -2.79. The van der Waals surface area contributed by atoms with Gasteiger partial charge >= 0.3 is 12.1 Å². The Hall–Kier alpha value is -2.76. The third kappa shape index (κ3) is 7.12. The molecule has 0 unspecified atom stereocenters. The first-order chi connectivity index (χ1) is 16.6. The average Bonchev–Trinajstić information content (AvgIpc) is 3.31. The van der Waals surface area contributed by atoms with E-state index < -0.39 is 11.9 Å². The van der Waals surface area contributed by atoms with Crippen LogP contribution in [-0.4, -0.2) is 60.0 Å². The number of ether oxygens (including phenoxy) is 1. The van der Waals surface area contributed by atoms with Gasteiger partial charge in [0.25, 0.3) is 5.91 Å². The fourth-order valence-corrected chi connectivity index (χ4v) is 4.46. The quantitative estimate of drug-likeness (QED) is 0.272. The number of carbonyl (C=O) groups excluding carboxylic acids is 2. The second-order valence-corrected chi connectivity index (χ2v) is 9.13. The zero-order valence-corrected chi connectivity index (χ0v) is 20.7. The van der Waals surface area contributed by atoms with Crippen LogP contribution < -0.4 is 4.90 Å². The number of nitrogens with zero attached hydrogens (tertiary/aromatic N) is 4. The van der Waals surface area contributed by atoms with Crippen LogP contribution in [0.2, 0.25) is 0 Å². The predicted octanol–water partition coefficient (Wildman–Crippen LogP) is 4.64. The fraction of sp³-hybridized carbons (Fsp3) is 0.565. The summed E-state index contributed by atoms with van der Waals surface area (Å²) < 4.78 is 50.7. The predicted molar refractivity (Wildman–Crippen MR) is 124 cm³/mol. The molecule has 3 heterocycles. The molecule has 3 rings (SSSR count). The number of hydrogen-bond acceptors (Lipinski definition) is 8. The molecule has 1 amide bonds. The van der Waals surface area contributed by atoms with Gasteiger partial charge in [-0.1, -0.05) is 18.7 Å². The maximum absolute atomic E-state index is 13.3. The van der Waals surface area contributed by atoms with Crippen LogP contribution in [0.15, 0.2) is 27.8 Å². The summed E-state index contributed by atoms with van der Waals surface area (Å²) in [5.74, 6) is 0.179. The molecule has 0 saturated carbocycles. The smallest absolute Gasteiger partial charge is 0.433 e. The van der Waals surface area contributed by atoms with E-state index in [1.807, 2.05) is 6.92 Å². The summed E-state index contributed by atoms with van der Waals surface area (Å²) >= 11 is 1.00. The van der Waals surface area contributed by atoms with E-state index in [0.717, 1.165) is 24.2 Å². The minimum absolute atomic E-state index is 0.0249. The highest BCUT2D eigenvalue weighted by Gasteiger charge is 2.34. The van der Waals surface area contributed by atoms with Crippen molar-refractivity contribution in [1.82, 2.24) is 14.9 Å². The van der Waals surface area contributed by atoms with E-state index in [-0.39, 0.29) is 40.3 Å². The lowest BCUT2D eigenvalue weighted by Gasteiger charge is -2.30. The molecule has 1 aliphatic rings. The Morgan fingerprint density at radius 1 is 1.23 bits per heavy atom. The minimum Gasteiger partial charge on any atom is -0.466 e. The van der Waals surface area contributed by atoms with E-state index in [4.69, 9.17) is 9.15 Å². The van der Waals surface area contributed by atoms with Crippen LogP contribution >= 0.6 is 11.8 Å². The van der Waals surface area contributed by atoms with Crippen molar-refractivity contribution in [2.24, 2.45) is 5.92 Å². The summed E-state index contributed by atoms with van der Waals surface area (Å²) in [6.45, 7) is 5.40. The molecule has 12 heteroatoms. The Morgan fingerprint density at radius 2 is 1.94 bits per heavy atom. The van der Waals surface area contributed by atoms with E-state index in [1.165, 1.54) is 0 Å². The SMILES string of the molecule is CCCN(C)c1cc(C(F)(F)F)nc(SCc2ccc(C(=O)N3CCC(C(=O)OCC)CC3)o2)n1. The number of likely N-dealkylation sites (tertiary alicyclic amines) is 1. The van der Waals surface area contributed by atoms with Crippen LogP contribution in [0.4, 0.5) is 19.0 Å². The molecule has 0 N–H and O–H groups in total. The average molecular weight is 515 g/mol.